The normalized spacial score (nSPS) is 14.3. The third-order valence-electron chi connectivity index (χ3n) is 3.05. The van der Waals surface area contributed by atoms with Crippen molar-refractivity contribution in [3.8, 4) is 5.69 Å². The Hall–Kier alpha value is -1.77. The lowest BCUT2D eigenvalue weighted by molar-refractivity contribution is 0.741. The quantitative estimate of drug-likeness (QED) is 0.789. The van der Waals surface area contributed by atoms with Gasteiger partial charge in [0.05, 0.1) is 22.8 Å². The molecule has 1 aliphatic rings. The lowest BCUT2D eigenvalue weighted by atomic mass is 10.1. The highest BCUT2D eigenvalue weighted by Crippen LogP contribution is 2.27. The zero-order valence-electron chi connectivity index (χ0n) is 9.40. The molecule has 1 aromatic carbocycles. The molecule has 1 aromatic heterocycles. The Bertz CT molecular complexity index is 499. The van der Waals surface area contributed by atoms with Crippen LogP contribution in [0.15, 0.2) is 30.3 Å². The second kappa shape index (κ2) is 3.67. The highest BCUT2D eigenvalue weighted by Gasteiger charge is 2.18. The smallest absolute Gasteiger partial charge is 0.0832 e. The minimum Gasteiger partial charge on any atom is -0.382 e. The number of hydrogen-bond acceptors (Lipinski definition) is 2. The van der Waals surface area contributed by atoms with Crippen molar-refractivity contribution in [1.82, 2.24) is 9.78 Å². The van der Waals surface area contributed by atoms with E-state index in [4.69, 9.17) is 0 Å². The monoisotopic (exact) mass is 213 g/mol. The van der Waals surface area contributed by atoms with Crippen molar-refractivity contribution in [2.24, 2.45) is 0 Å². The molecule has 0 unspecified atom stereocenters. The molecule has 0 aliphatic carbocycles. The molecule has 3 rings (SSSR count). The van der Waals surface area contributed by atoms with Crippen LogP contribution < -0.4 is 5.32 Å². The second-order valence-electron chi connectivity index (χ2n) is 4.18. The molecule has 3 heteroatoms. The van der Waals surface area contributed by atoms with Crippen LogP contribution in [0.3, 0.4) is 0 Å². The lowest BCUT2D eigenvalue weighted by Crippen LogP contribution is -2.13. The minimum absolute atomic E-state index is 1.06. The topological polar surface area (TPSA) is 29.9 Å². The Morgan fingerprint density at radius 2 is 2.06 bits per heavy atom. The van der Waals surface area contributed by atoms with Gasteiger partial charge in [-0.3, -0.25) is 0 Å². The molecule has 16 heavy (non-hydrogen) atoms. The molecule has 0 atom stereocenters. The Morgan fingerprint density at radius 1 is 1.25 bits per heavy atom. The van der Waals surface area contributed by atoms with E-state index in [9.17, 15) is 0 Å². The van der Waals surface area contributed by atoms with Gasteiger partial charge in [-0.25, -0.2) is 4.68 Å². The Balaban J connectivity index is 2.15. The number of aromatic nitrogens is 2. The third kappa shape index (κ3) is 1.40. The predicted molar refractivity (Wildman–Crippen MR) is 65.1 cm³/mol. The molecule has 0 fully saturated rings. The molecule has 2 heterocycles. The van der Waals surface area contributed by atoms with Crippen LogP contribution in [0.2, 0.25) is 0 Å². The Kier molecular flexibility index (Phi) is 2.17. The fourth-order valence-corrected chi connectivity index (χ4v) is 2.29. The summed E-state index contributed by atoms with van der Waals surface area (Å²) in [5.41, 5.74) is 4.79. The van der Waals surface area contributed by atoms with E-state index in [1.54, 1.807) is 0 Å². The number of benzene rings is 1. The van der Waals surface area contributed by atoms with Crippen LogP contribution >= 0.6 is 0 Å². The molecule has 0 saturated heterocycles. The van der Waals surface area contributed by atoms with E-state index in [0.717, 1.165) is 24.3 Å². The molecular weight excluding hydrogens is 198 g/mol. The third-order valence-corrected chi connectivity index (χ3v) is 3.05. The minimum atomic E-state index is 1.06. The average Bonchev–Trinajstić information content (AvgIpc) is 2.69. The van der Waals surface area contributed by atoms with E-state index >= 15 is 0 Å². The van der Waals surface area contributed by atoms with Gasteiger partial charge in [-0.1, -0.05) is 18.2 Å². The van der Waals surface area contributed by atoms with Gasteiger partial charge in [0.1, 0.15) is 0 Å². The van der Waals surface area contributed by atoms with Gasteiger partial charge in [0.25, 0.3) is 0 Å². The summed E-state index contributed by atoms with van der Waals surface area (Å²) in [7, 11) is 0. The summed E-state index contributed by atoms with van der Waals surface area (Å²) in [5.74, 6) is 0. The SMILES string of the molecule is Cc1nn(-c2ccccc2)c2c1NCCC2. The highest BCUT2D eigenvalue weighted by molar-refractivity contribution is 5.56. The van der Waals surface area contributed by atoms with Crippen molar-refractivity contribution in [2.45, 2.75) is 19.8 Å². The molecule has 0 saturated carbocycles. The number of aryl methyl sites for hydroxylation is 1. The maximum Gasteiger partial charge on any atom is 0.0832 e. The number of para-hydroxylation sites is 1. The maximum absolute atomic E-state index is 4.62. The molecule has 0 radical (unpaired) electrons. The summed E-state index contributed by atoms with van der Waals surface area (Å²) < 4.78 is 2.07. The van der Waals surface area contributed by atoms with E-state index in [1.807, 2.05) is 6.07 Å². The zero-order valence-corrected chi connectivity index (χ0v) is 9.40. The molecular formula is C13H15N3. The van der Waals surface area contributed by atoms with Crippen LogP contribution in [0.4, 0.5) is 5.69 Å². The first kappa shape index (κ1) is 9.46. The van der Waals surface area contributed by atoms with Gasteiger partial charge < -0.3 is 5.32 Å². The second-order valence-corrected chi connectivity index (χ2v) is 4.18. The summed E-state index contributed by atoms with van der Waals surface area (Å²) in [6.07, 6.45) is 2.29. The number of hydrogen-bond donors (Lipinski definition) is 1. The van der Waals surface area contributed by atoms with Crippen LogP contribution in [0.25, 0.3) is 5.69 Å². The molecule has 82 valence electrons. The summed E-state index contributed by atoms with van der Waals surface area (Å²) >= 11 is 0. The molecule has 1 N–H and O–H groups in total. The van der Waals surface area contributed by atoms with Gasteiger partial charge in [-0.05, 0) is 31.9 Å². The van der Waals surface area contributed by atoms with Crippen LogP contribution in [-0.2, 0) is 6.42 Å². The summed E-state index contributed by atoms with van der Waals surface area (Å²) in [6.45, 7) is 3.13. The van der Waals surface area contributed by atoms with Crippen molar-refractivity contribution < 1.29 is 0 Å². The fraction of sp³-hybridized carbons (Fsp3) is 0.308. The molecule has 1 aliphatic heterocycles. The first-order valence-corrected chi connectivity index (χ1v) is 5.74. The van der Waals surface area contributed by atoms with Gasteiger partial charge in [0.2, 0.25) is 0 Å². The lowest BCUT2D eigenvalue weighted by Gasteiger charge is -2.15. The standard InChI is InChI=1S/C13H15N3/c1-10-13-12(8-5-9-14-13)16(15-10)11-6-3-2-4-7-11/h2-4,6-7,14H,5,8-9H2,1H3. The van der Waals surface area contributed by atoms with Gasteiger partial charge in [-0.2, -0.15) is 5.10 Å². The van der Waals surface area contributed by atoms with Gasteiger partial charge >= 0.3 is 0 Å². The highest BCUT2D eigenvalue weighted by atomic mass is 15.3. The summed E-state index contributed by atoms with van der Waals surface area (Å²) in [5, 5.41) is 8.05. The largest absolute Gasteiger partial charge is 0.382 e. The number of fused-ring (bicyclic) bond motifs is 1. The van der Waals surface area contributed by atoms with E-state index in [2.05, 4.69) is 46.3 Å². The van der Waals surface area contributed by atoms with Crippen molar-refractivity contribution in [3.05, 3.63) is 41.7 Å². The van der Waals surface area contributed by atoms with Crippen LogP contribution in [0.1, 0.15) is 17.8 Å². The Morgan fingerprint density at radius 3 is 2.88 bits per heavy atom. The first-order chi connectivity index (χ1) is 7.86. The maximum atomic E-state index is 4.62. The van der Waals surface area contributed by atoms with Gasteiger partial charge in [0, 0.05) is 6.54 Å². The van der Waals surface area contributed by atoms with Gasteiger partial charge in [-0.15, -0.1) is 0 Å². The van der Waals surface area contributed by atoms with Crippen LogP contribution in [0.5, 0.6) is 0 Å². The molecule has 0 spiro atoms. The van der Waals surface area contributed by atoms with Crippen molar-refractivity contribution in [3.63, 3.8) is 0 Å². The van der Waals surface area contributed by atoms with Gasteiger partial charge in [0.15, 0.2) is 0 Å². The predicted octanol–water partition coefficient (Wildman–Crippen LogP) is 2.54. The summed E-state index contributed by atoms with van der Waals surface area (Å²) in [4.78, 5) is 0. The zero-order chi connectivity index (χ0) is 11.0. The molecule has 0 bridgehead atoms. The molecule has 3 nitrogen and oxygen atoms in total. The summed E-state index contributed by atoms with van der Waals surface area (Å²) in [6, 6.07) is 10.3. The van der Waals surface area contributed by atoms with E-state index < -0.39 is 0 Å². The van der Waals surface area contributed by atoms with Crippen LogP contribution in [0, 0.1) is 6.92 Å². The number of rotatable bonds is 1. The Labute approximate surface area is 95.1 Å². The van der Waals surface area contributed by atoms with Crippen molar-refractivity contribution >= 4 is 5.69 Å². The van der Waals surface area contributed by atoms with E-state index in [0.29, 0.717) is 0 Å². The fourth-order valence-electron chi connectivity index (χ4n) is 2.29. The first-order valence-electron chi connectivity index (χ1n) is 5.74. The van der Waals surface area contributed by atoms with E-state index in [-0.39, 0.29) is 0 Å². The number of anilines is 1. The van der Waals surface area contributed by atoms with Crippen molar-refractivity contribution in [2.75, 3.05) is 11.9 Å². The number of nitrogens with one attached hydrogen (secondary N) is 1. The molecule has 0 amide bonds. The van der Waals surface area contributed by atoms with Crippen LogP contribution in [-0.4, -0.2) is 16.3 Å². The molecule has 2 aromatic rings. The average molecular weight is 213 g/mol. The van der Waals surface area contributed by atoms with Crippen molar-refractivity contribution in [1.29, 1.82) is 0 Å². The van der Waals surface area contributed by atoms with E-state index in [1.165, 1.54) is 17.8 Å². The number of nitrogens with zero attached hydrogens (tertiary/aromatic N) is 2.